The molecule has 0 aliphatic rings. The summed E-state index contributed by atoms with van der Waals surface area (Å²) in [5.41, 5.74) is 1.90. The number of anilines is 2. The number of hydrogen-bond donors (Lipinski definition) is 2. The van der Waals surface area contributed by atoms with E-state index in [1.165, 1.54) is 11.3 Å². The SMILES string of the molecule is COc1ccc(CNC(=O)c2sc(Nc3ccc(Br)cc3)nc2Br)cc1. The number of ether oxygens (including phenoxy) is 1. The third-order valence-electron chi connectivity index (χ3n) is 3.50. The predicted molar refractivity (Wildman–Crippen MR) is 111 cm³/mol. The third kappa shape index (κ3) is 4.84. The summed E-state index contributed by atoms with van der Waals surface area (Å²) in [7, 11) is 1.62. The van der Waals surface area contributed by atoms with Crippen molar-refractivity contribution in [2.24, 2.45) is 0 Å². The minimum absolute atomic E-state index is 0.172. The molecule has 2 N–H and O–H groups in total. The lowest BCUT2D eigenvalue weighted by Crippen LogP contribution is -2.22. The van der Waals surface area contributed by atoms with Crippen molar-refractivity contribution >= 4 is 59.9 Å². The minimum atomic E-state index is -0.172. The van der Waals surface area contributed by atoms with Crippen molar-refractivity contribution < 1.29 is 9.53 Å². The number of aromatic nitrogens is 1. The van der Waals surface area contributed by atoms with Gasteiger partial charge in [-0.1, -0.05) is 39.4 Å². The fourth-order valence-electron chi connectivity index (χ4n) is 2.16. The first kappa shape index (κ1) is 18.9. The number of methoxy groups -OCH3 is 1. The maximum atomic E-state index is 12.4. The molecule has 134 valence electrons. The van der Waals surface area contributed by atoms with Crippen molar-refractivity contribution in [1.29, 1.82) is 0 Å². The molecule has 0 bridgehead atoms. The van der Waals surface area contributed by atoms with Gasteiger partial charge in [0.2, 0.25) is 0 Å². The summed E-state index contributed by atoms with van der Waals surface area (Å²) in [5, 5.41) is 6.75. The molecule has 0 saturated carbocycles. The monoisotopic (exact) mass is 495 g/mol. The zero-order valence-electron chi connectivity index (χ0n) is 13.8. The van der Waals surface area contributed by atoms with Crippen molar-refractivity contribution in [3.05, 3.63) is 68.0 Å². The molecule has 26 heavy (non-hydrogen) atoms. The number of halogens is 2. The molecular weight excluding hydrogens is 482 g/mol. The van der Waals surface area contributed by atoms with Crippen LogP contribution in [0.5, 0.6) is 5.75 Å². The first-order valence-corrected chi connectivity index (χ1v) is 10.1. The van der Waals surface area contributed by atoms with Gasteiger partial charge in [-0.3, -0.25) is 4.79 Å². The van der Waals surface area contributed by atoms with E-state index >= 15 is 0 Å². The van der Waals surface area contributed by atoms with Crippen molar-refractivity contribution in [2.45, 2.75) is 6.54 Å². The van der Waals surface area contributed by atoms with E-state index in [1.54, 1.807) is 7.11 Å². The van der Waals surface area contributed by atoms with Gasteiger partial charge in [-0.15, -0.1) is 0 Å². The highest BCUT2D eigenvalue weighted by atomic mass is 79.9. The molecule has 0 fully saturated rings. The van der Waals surface area contributed by atoms with Gasteiger partial charge in [0.15, 0.2) is 5.13 Å². The first-order chi connectivity index (χ1) is 12.5. The number of carbonyl (C=O) groups excluding carboxylic acids is 1. The molecule has 3 aromatic rings. The fraction of sp³-hybridized carbons (Fsp3) is 0.111. The summed E-state index contributed by atoms with van der Waals surface area (Å²) in [6.45, 7) is 0.433. The molecule has 1 amide bonds. The van der Waals surface area contributed by atoms with Gasteiger partial charge in [0, 0.05) is 16.7 Å². The van der Waals surface area contributed by atoms with Crippen LogP contribution in [0.3, 0.4) is 0 Å². The van der Waals surface area contributed by atoms with Crippen molar-refractivity contribution in [2.75, 3.05) is 12.4 Å². The van der Waals surface area contributed by atoms with Crippen LogP contribution >= 0.6 is 43.2 Å². The third-order valence-corrected chi connectivity index (χ3v) is 5.83. The second-order valence-corrected chi connectivity index (χ2v) is 7.97. The lowest BCUT2D eigenvalue weighted by molar-refractivity contribution is 0.0954. The van der Waals surface area contributed by atoms with Gasteiger partial charge in [-0.25, -0.2) is 4.98 Å². The minimum Gasteiger partial charge on any atom is -0.497 e. The molecule has 0 radical (unpaired) electrons. The molecule has 3 rings (SSSR count). The highest BCUT2D eigenvalue weighted by molar-refractivity contribution is 9.10. The van der Waals surface area contributed by atoms with Crippen LogP contribution in [-0.4, -0.2) is 18.0 Å². The Morgan fingerprint density at radius 2 is 1.81 bits per heavy atom. The highest BCUT2D eigenvalue weighted by Gasteiger charge is 2.16. The van der Waals surface area contributed by atoms with E-state index in [-0.39, 0.29) is 5.91 Å². The largest absolute Gasteiger partial charge is 0.497 e. The Labute approximate surface area is 172 Å². The molecule has 0 aliphatic carbocycles. The summed E-state index contributed by atoms with van der Waals surface area (Å²) in [6.07, 6.45) is 0. The smallest absolute Gasteiger partial charge is 0.264 e. The van der Waals surface area contributed by atoms with E-state index < -0.39 is 0 Å². The summed E-state index contributed by atoms with van der Waals surface area (Å²) < 4.78 is 6.65. The molecular formula is C18H15Br2N3O2S. The van der Waals surface area contributed by atoms with Crippen molar-refractivity contribution in [3.63, 3.8) is 0 Å². The normalized spacial score (nSPS) is 10.4. The molecule has 2 aromatic carbocycles. The standard InChI is InChI=1S/C18H15Br2N3O2S/c1-25-14-8-2-11(3-9-14)10-21-17(24)15-16(20)23-18(26-15)22-13-6-4-12(19)5-7-13/h2-9H,10H2,1H3,(H,21,24)(H,22,23). The van der Waals surface area contributed by atoms with Gasteiger partial charge in [-0.2, -0.15) is 0 Å². The Morgan fingerprint density at radius 1 is 1.12 bits per heavy atom. The number of nitrogens with zero attached hydrogens (tertiary/aromatic N) is 1. The van der Waals surface area contributed by atoms with Crippen LogP contribution in [0.25, 0.3) is 0 Å². The van der Waals surface area contributed by atoms with E-state index in [1.807, 2.05) is 48.5 Å². The highest BCUT2D eigenvalue weighted by Crippen LogP contribution is 2.30. The predicted octanol–water partition coefficient (Wildman–Crippen LogP) is 5.35. The summed E-state index contributed by atoms with van der Waals surface area (Å²) in [4.78, 5) is 17.3. The van der Waals surface area contributed by atoms with Crippen molar-refractivity contribution in [3.8, 4) is 5.75 Å². The molecule has 5 nitrogen and oxygen atoms in total. The van der Waals surface area contributed by atoms with Crippen LogP contribution < -0.4 is 15.4 Å². The zero-order valence-corrected chi connectivity index (χ0v) is 17.7. The molecule has 0 saturated heterocycles. The Morgan fingerprint density at radius 3 is 2.46 bits per heavy atom. The zero-order chi connectivity index (χ0) is 18.5. The summed E-state index contributed by atoms with van der Waals surface area (Å²) in [5.74, 6) is 0.614. The number of thiazole rings is 1. The van der Waals surface area contributed by atoms with Gasteiger partial charge in [0.1, 0.15) is 15.2 Å². The molecule has 1 heterocycles. The first-order valence-electron chi connectivity index (χ1n) is 7.65. The molecule has 0 atom stereocenters. The maximum Gasteiger partial charge on any atom is 0.264 e. The van der Waals surface area contributed by atoms with E-state index in [9.17, 15) is 4.79 Å². The van der Waals surface area contributed by atoms with Gasteiger partial charge in [0.05, 0.1) is 7.11 Å². The lowest BCUT2D eigenvalue weighted by Gasteiger charge is -2.05. The number of benzene rings is 2. The number of rotatable bonds is 6. The Hall–Kier alpha value is -1.90. The maximum absolute atomic E-state index is 12.4. The molecule has 0 aliphatic heterocycles. The van der Waals surface area contributed by atoms with E-state index in [2.05, 4.69) is 47.5 Å². The topological polar surface area (TPSA) is 63.2 Å². The van der Waals surface area contributed by atoms with Crippen LogP contribution in [0.2, 0.25) is 0 Å². The second-order valence-electron chi connectivity index (χ2n) is 5.30. The Kier molecular flexibility index (Phi) is 6.29. The Balaban J connectivity index is 1.63. The van der Waals surface area contributed by atoms with E-state index in [0.29, 0.717) is 21.2 Å². The van der Waals surface area contributed by atoms with Gasteiger partial charge in [0.25, 0.3) is 5.91 Å². The van der Waals surface area contributed by atoms with Crippen molar-refractivity contribution in [1.82, 2.24) is 10.3 Å². The van der Waals surface area contributed by atoms with Crippen LogP contribution in [0.1, 0.15) is 15.2 Å². The number of nitrogens with one attached hydrogen (secondary N) is 2. The van der Waals surface area contributed by atoms with Crippen LogP contribution in [0, 0.1) is 0 Å². The van der Waals surface area contributed by atoms with Crippen LogP contribution in [0.15, 0.2) is 57.6 Å². The summed E-state index contributed by atoms with van der Waals surface area (Å²) in [6, 6.07) is 15.3. The summed E-state index contributed by atoms with van der Waals surface area (Å²) >= 11 is 8.06. The quantitative estimate of drug-likeness (QED) is 0.482. The van der Waals surface area contributed by atoms with E-state index in [4.69, 9.17) is 4.74 Å². The average molecular weight is 497 g/mol. The fourth-order valence-corrected chi connectivity index (χ4v) is 3.93. The molecule has 0 spiro atoms. The van der Waals surface area contributed by atoms with Crippen LogP contribution in [-0.2, 0) is 6.54 Å². The number of amides is 1. The van der Waals surface area contributed by atoms with E-state index in [0.717, 1.165) is 21.5 Å². The molecule has 1 aromatic heterocycles. The average Bonchev–Trinajstić information content (AvgIpc) is 3.02. The van der Waals surface area contributed by atoms with Gasteiger partial charge >= 0.3 is 0 Å². The molecule has 8 heteroatoms. The van der Waals surface area contributed by atoms with Gasteiger partial charge < -0.3 is 15.4 Å². The van der Waals surface area contributed by atoms with Gasteiger partial charge in [-0.05, 0) is 57.9 Å². The second kappa shape index (κ2) is 8.66. The lowest BCUT2D eigenvalue weighted by atomic mass is 10.2. The number of carbonyl (C=O) groups is 1. The van der Waals surface area contributed by atoms with Crippen LogP contribution in [0.4, 0.5) is 10.8 Å². The molecule has 0 unspecified atom stereocenters. The Bertz CT molecular complexity index is 896. The number of hydrogen-bond acceptors (Lipinski definition) is 5.